The van der Waals surface area contributed by atoms with E-state index < -0.39 is 0 Å². The lowest BCUT2D eigenvalue weighted by Crippen LogP contribution is -2.19. The third-order valence-electron chi connectivity index (χ3n) is 2.72. The topological polar surface area (TPSA) is 30.5 Å². The Bertz CT molecular complexity index is 337. The van der Waals surface area contributed by atoms with E-state index in [9.17, 15) is 0 Å². The van der Waals surface area contributed by atoms with Crippen LogP contribution >= 0.6 is 0 Å². The summed E-state index contributed by atoms with van der Waals surface area (Å²) in [5.41, 5.74) is 0. The zero-order chi connectivity index (χ0) is 11.9. The van der Waals surface area contributed by atoms with E-state index in [0.717, 1.165) is 37.1 Å². The Hall–Kier alpha value is -1.22. The maximum Gasteiger partial charge on any atom is 0.122 e. The van der Waals surface area contributed by atoms with E-state index in [4.69, 9.17) is 9.47 Å². The van der Waals surface area contributed by atoms with Gasteiger partial charge in [-0.2, -0.15) is 0 Å². The van der Waals surface area contributed by atoms with Crippen LogP contribution in [-0.4, -0.2) is 25.8 Å². The van der Waals surface area contributed by atoms with Gasteiger partial charge in [0.2, 0.25) is 0 Å². The molecule has 1 aromatic carbocycles. The second-order valence-electron chi connectivity index (χ2n) is 4.34. The summed E-state index contributed by atoms with van der Waals surface area (Å²) in [7, 11) is 0. The minimum atomic E-state index is 0.689. The van der Waals surface area contributed by atoms with E-state index in [2.05, 4.69) is 5.32 Å². The fourth-order valence-electron chi connectivity index (χ4n) is 1.68. The van der Waals surface area contributed by atoms with Crippen LogP contribution in [0.2, 0.25) is 0 Å². The van der Waals surface area contributed by atoms with E-state index in [1.807, 2.05) is 31.2 Å². The highest BCUT2D eigenvalue weighted by Gasteiger charge is 2.19. The number of hydrogen-bond donors (Lipinski definition) is 1. The van der Waals surface area contributed by atoms with E-state index in [0.29, 0.717) is 6.61 Å². The fourth-order valence-corrected chi connectivity index (χ4v) is 1.68. The Labute approximate surface area is 103 Å². The van der Waals surface area contributed by atoms with Crippen LogP contribution in [0.4, 0.5) is 0 Å². The van der Waals surface area contributed by atoms with E-state index in [1.165, 1.54) is 12.8 Å². The molecule has 1 saturated carbocycles. The molecule has 2 rings (SSSR count). The summed E-state index contributed by atoms with van der Waals surface area (Å²) in [4.78, 5) is 0. The molecule has 0 amide bonds. The van der Waals surface area contributed by atoms with Gasteiger partial charge in [-0.25, -0.2) is 0 Å². The van der Waals surface area contributed by atoms with Gasteiger partial charge in [0.05, 0.1) is 13.2 Å². The number of nitrogens with one attached hydrogen (secondary N) is 1. The maximum absolute atomic E-state index is 5.68. The van der Waals surface area contributed by atoms with Crippen molar-refractivity contribution in [3.63, 3.8) is 0 Å². The molecular formula is C14H21NO2. The zero-order valence-electron chi connectivity index (χ0n) is 10.4. The van der Waals surface area contributed by atoms with Crippen LogP contribution in [0, 0.1) is 0 Å². The van der Waals surface area contributed by atoms with E-state index in [1.54, 1.807) is 0 Å². The predicted octanol–water partition coefficient (Wildman–Crippen LogP) is 2.61. The second kappa shape index (κ2) is 6.50. The summed E-state index contributed by atoms with van der Waals surface area (Å²) in [6, 6.07) is 8.61. The summed E-state index contributed by atoms with van der Waals surface area (Å²) >= 11 is 0. The molecule has 17 heavy (non-hydrogen) atoms. The fraction of sp³-hybridized carbons (Fsp3) is 0.571. The molecule has 3 heteroatoms. The largest absolute Gasteiger partial charge is 0.494 e. The zero-order valence-corrected chi connectivity index (χ0v) is 10.4. The van der Waals surface area contributed by atoms with Gasteiger partial charge in [0, 0.05) is 12.1 Å². The Balaban J connectivity index is 1.64. The van der Waals surface area contributed by atoms with E-state index in [-0.39, 0.29) is 0 Å². The van der Waals surface area contributed by atoms with Crippen molar-refractivity contribution in [3.05, 3.63) is 24.3 Å². The monoisotopic (exact) mass is 235 g/mol. The predicted molar refractivity (Wildman–Crippen MR) is 68.7 cm³/mol. The first-order valence-corrected chi connectivity index (χ1v) is 6.47. The van der Waals surface area contributed by atoms with Crippen LogP contribution in [0.5, 0.6) is 11.5 Å². The Kier molecular flexibility index (Phi) is 4.68. The lowest BCUT2D eigenvalue weighted by molar-refractivity contribution is 0.301. The van der Waals surface area contributed by atoms with Crippen LogP contribution in [-0.2, 0) is 0 Å². The lowest BCUT2D eigenvalue weighted by atomic mass is 10.3. The van der Waals surface area contributed by atoms with Crippen LogP contribution in [0.1, 0.15) is 26.2 Å². The first kappa shape index (κ1) is 12.2. The molecular weight excluding hydrogens is 214 g/mol. The highest BCUT2D eigenvalue weighted by Crippen LogP contribution is 2.20. The molecule has 0 spiro atoms. The smallest absolute Gasteiger partial charge is 0.122 e. The highest BCUT2D eigenvalue weighted by atomic mass is 16.5. The quantitative estimate of drug-likeness (QED) is 0.703. The van der Waals surface area contributed by atoms with Crippen LogP contribution in [0.3, 0.4) is 0 Å². The van der Waals surface area contributed by atoms with Crippen molar-refractivity contribution >= 4 is 0 Å². The van der Waals surface area contributed by atoms with Gasteiger partial charge in [-0.15, -0.1) is 0 Å². The van der Waals surface area contributed by atoms with E-state index >= 15 is 0 Å². The molecule has 0 aliphatic heterocycles. The standard InChI is InChI=1S/C14H21NO2/c1-2-16-13-5-3-6-14(11-13)17-10-4-9-15-12-7-8-12/h3,5-6,11-12,15H,2,4,7-10H2,1H3. The van der Waals surface area contributed by atoms with Crippen molar-refractivity contribution in [1.82, 2.24) is 5.32 Å². The number of hydrogen-bond acceptors (Lipinski definition) is 3. The molecule has 1 aliphatic carbocycles. The molecule has 0 bridgehead atoms. The first-order valence-electron chi connectivity index (χ1n) is 6.47. The third-order valence-corrected chi connectivity index (χ3v) is 2.72. The Morgan fingerprint density at radius 2 is 2.00 bits per heavy atom. The Morgan fingerprint density at radius 3 is 2.71 bits per heavy atom. The van der Waals surface area contributed by atoms with Crippen molar-refractivity contribution in [2.75, 3.05) is 19.8 Å². The van der Waals surface area contributed by atoms with Gasteiger partial charge >= 0.3 is 0 Å². The van der Waals surface area contributed by atoms with Crippen LogP contribution in [0.25, 0.3) is 0 Å². The van der Waals surface area contributed by atoms with Gasteiger partial charge in [0.25, 0.3) is 0 Å². The van der Waals surface area contributed by atoms with Gasteiger partial charge in [-0.1, -0.05) is 6.07 Å². The summed E-state index contributed by atoms with van der Waals surface area (Å²) in [6.07, 6.45) is 3.74. The molecule has 0 heterocycles. The van der Waals surface area contributed by atoms with Gasteiger partial charge in [0.1, 0.15) is 11.5 Å². The van der Waals surface area contributed by atoms with Crippen LogP contribution in [0.15, 0.2) is 24.3 Å². The summed E-state index contributed by atoms with van der Waals surface area (Å²) in [5.74, 6) is 1.77. The van der Waals surface area contributed by atoms with Gasteiger partial charge < -0.3 is 14.8 Å². The average Bonchev–Trinajstić information content (AvgIpc) is 3.14. The normalized spacial score (nSPS) is 14.6. The van der Waals surface area contributed by atoms with Crippen molar-refractivity contribution in [1.29, 1.82) is 0 Å². The van der Waals surface area contributed by atoms with Crippen molar-refractivity contribution in [2.45, 2.75) is 32.2 Å². The summed E-state index contributed by atoms with van der Waals surface area (Å²) < 4.78 is 11.1. The number of benzene rings is 1. The summed E-state index contributed by atoms with van der Waals surface area (Å²) in [5, 5.41) is 3.47. The lowest BCUT2D eigenvalue weighted by Gasteiger charge is -2.08. The second-order valence-corrected chi connectivity index (χ2v) is 4.34. The molecule has 3 nitrogen and oxygen atoms in total. The minimum absolute atomic E-state index is 0.689. The molecule has 0 aromatic heterocycles. The minimum Gasteiger partial charge on any atom is -0.494 e. The van der Waals surface area contributed by atoms with Crippen molar-refractivity contribution in [2.24, 2.45) is 0 Å². The van der Waals surface area contributed by atoms with Crippen molar-refractivity contribution in [3.8, 4) is 11.5 Å². The molecule has 1 aliphatic rings. The van der Waals surface area contributed by atoms with Crippen LogP contribution < -0.4 is 14.8 Å². The maximum atomic E-state index is 5.68. The molecule has 1 aromatic rings. The summed E-state index contributed by atoms with van der Waals surface area (Å²) in [6.45, 7) is 4.48. The molecule has 0 unspecified atom stereocenters. The third kappa shape index (κ3) is 4.65. The van der Waals surface area contributed by atoms with Gasteiger partial charge in [-0.3, -0.25) is 0 Å². The number of rotatable bonds is 8. The SMILES string of the molecule is CCOc1cccc(OCCCNC2CC2)c1. The Morgan fingerprint density at radius 1 is 1.24 bits per heavy atom. The molecule has 1 fully saturated rings. The molecule has 0 saturated heterocycles. The first-order chi connectivity index (χ1) is 8.38. The molecule has 1 N–H and O–H groups in total. The number of ether oxygens (including phenoxy) is 2. The highest BCUT2D eigenvalue weighted by molar-refractivity contribution is 5.32. The molecule has 94 valence electrons. The molecule has 0 atom stereocenters. The average molecular weight is 235 g/mol. The molecule has 0 radical (unpaired) electrons. The van der Waals surface area contributed by atoms with Gasteiger partial charge in [-0.05, 0) is 44.9 Å². The van der Waals surface area contributed by atoms with Crippen molar-refractivity contribution < 1.29 is 9.47 Å². The van der Waals surface area contributed by atoms with Gasteiger partial charge in [0.15, 0.2) is 0 Å².